The largest absolute Gasteiger partial charge is 0.466 e. The third-order valence-electron chi connectivity index (χ3n) is 16.6. The molecule has 452 valence electrons. The Balaban J connectivity index is 3.37. The summed E-state index contributed by atoms with van der Waals surface area (Å²) >= 11 is 0. The number of carbonyl (C=O) groups is 2. The molecule has 0 bridgehead atoms. The molecule has 0 aromatic rings. The number of aliphatic hydroxyl groups excluding tert-OH is 2. The standard InChI is InChI=1S/C70H137NO5/c1-3-5-7-9-11-13-15-17-18-19-20-30-33-36-39-42-46-50-54-58-62-68(73)67(66-72)71-69(74)63-59-55-51-47-43-40-37-34-31-28-26-24-22-21-23-25-27-29-32-35-38-41-45-49-53-57-61-65-76-70(75)64-60-56-52-48-44-16-14-12-10-8-6-4-2/h58,62,67-68,72-73H,3-57,59-61,63-66H2,1-2H3,(H,71,74)/b62-58+. The van der Waals surface area contributed by atoms with Crippen LogP contribution in [0, 0.1) is 0 Å². The molecule has 0 aliphatic rings. The fourth-order valence-electron chi connectivity index (χ4n) is 11.2. The third kappa shape index (κ3) is 61.8. The number of carbonyl (C=O) groups excluding carboxylic acids is 2. The average Bonchev–Trinajstić information content (AvgIpc) is 3.42. The average molecular weight is 1070 g/mol. The first kappa shape index (κ1) is 74.6. The van der Waals surface area contributed by atoms with Crippen molar-refractivity contribution in [3.8, 4) is 0 Å². The molecule has 0 saturated heterocycles. The normalized spacial score (nSPS) is 12.5. The molecule has 0 spiro atoms. The molecule has 0 aliphatic carbocycles. The van der Waals surface area contributed by atoms with E-state index in [0.29, 0.717) is 19.4 Å². The quantitative estimate of drug-likeness (QED) is 0.0320. The summed E-state index contributed by atoms with van der Waals surface area (Å²) in [6.07, 6.45) is 81.5. The second-order valence-corrected chi connectivity index (χ2v) is 24.2. The van der Waals surface area contributed by atoms with Crippen molar-refractivity contribution in [2.45, 2.75) is 411 Å². The summed E-state index contributed by atoms with van der Waals surface area (Å²) in [7, 11) is 0. The van der Waals surface area contributed by atoms with E-state index in [0.717, 1.165) is 38.5 Å². The summed E-state index contributed by atoms with van der Waals surface area (Å²) in [5, 5.41) is 23.2. The van der Waals surface area contributed by atoms with Crippen LogP contribution in [0.1, 0.15) is 399 Å². The van der Waals surface area contributed by atoms with Crippen molar-refractivity contribution < 1.29 is 24.5 Å². The number of unbranched alkanes of at least 4 members (excludes halogenated alkanes) is 55. The lowest BCUT2D eigenvalue weighted by Crippen LogP contribution is -2.45. The minimum Gasteiger partial charge on any atom is -0.466 e. The Hall–Kier alpha value is -1.40. The van der Waals surface area contributed by atoms with E-state index in [2.05, 4.69) is 19.2 Å². The Kier molecular flexibility index (Phi) is 64.9. The van der Waals surface area contributed by atoms with Gasteiger partial charge in [0.1, 0.15) is 0 Å². The number of nitrogens with one attached hydrogen (secondary N) is 1. The zero-order chi connectivity index (χ0) is 55.0. The first-order valence-corrected chi connectivity index (χ1v) is 35.0. The van der Waals surface area contributed by atoms with Crippen molar-refractivity contribution in [1.29, 1.82) is 0 Å². The number of hydrogen-bond donors (Lipinski definition) is 3. The Morgan fingerprint density at radius 3 is 0.895 bits per heavy atom. The van der Waals surface area contributed by atoms with Gasteiger partial charge >= 0.3 is 5.97 Å². The molecule has 0 aromatic carbocycles. The van der Waals surface area contributed by atoms with E-state index in [4.69, 9.17) is 4.74 Å². The van der Waals surface area contributed by atoms with Gasteiger partial charge in [-0.2, -0.15) is 0 Å². The topological polar surface area (TPSA) is 95.9 Å². The van der Waals surface area contributed by atoms with Gasteiger partial charge in [0.05, 0.1) is 25.4 Å². The number of rotatable bonds is 66. The summed E-state index contributed by atoms with van der Waals surface area (Å²) in [6.45, 7) is 4.95. The maximum absolute atomic E-state index is 12.5. The molecular formula is C70H137NO5. The van der Waals surface area contributed by atoms with Crippen LogP contribution >= 0.6 is 0 Å². The van der Waals surface area contributed by atoms with Crippen LogP contribution in [-0.4, -0.2) is 47.4 Å². The zero-order valence-electron chi connectivity index (χ0n) is 51.8. The number of hydrogen-bond acceptors (Lipinski definition) is 5. The zero-order valence-corrected chi connectivity index (χ0v) is 51.8. The molecule has 2 unspecified atom stereocenters. The predicted octanol–water partition coefficient (Wildman–Crippen LogP) is 22.4. The molecule has 6 heteroatoms. The molecule has 0 aliphatic heterocycles. The van der Waals surface area contributed by atoms with Crippen molar-refractivity contribution in [1.82, 2.24) is 5.32 Å². The van der Waals surface area contributed by atoms with Crippen LogP contribution in [0.2, 0.25) is 0 Å². The molecule has 0 aromatic heterocycles. The molecule has 3 N–H and O–H groups in total. The SMILES string of the molecule is CCCCCCCCCCCCCCCCCCCC/C=C/C(O)C(CO)NC(=O)CCCCCCCCCCCCCCCCCCCCCCCCCCCCCOC(=O)CCCCCCCCCCCCCC. The van der Waals surface area contributed by atoms with Crippen molar-refractivity contribution in [2.75, 3.05) is 13.2 Å². The molecule has 0 saturated carbocycles. The molecular weight excluding hydrogens is 935 g/mol. The maximum atomic E-state index is 12.5. The van der Waals surface area contributed by atoms with E-state index in [1.807, 2.05) is 6.08 Å². The molecule has 6 nitrogen and oxygen atoms in total. The third-order valence-corrected chi connectivity index (χ3v) is 16.6. The van der Waals surface area contributed by atoms with E-state index in [1.165, 1.54) is 334 Å². The summed E-state index contributed by atoms with van der Waals surface area (Å²) in [6, 6.07) is -0.626. The maximum Gasteiger partial charge on any atom is 0.305 e. The number of amides is 1. The van der Waals surface area contributed by atoms with Crippen molar-refractivity contribution >= 4 is 11.9 Å². The lowest BCUT2D eigenvalue weighted by atomic mass is 10.0. The summed E-state index contributed by atoms with van der Waals surface area (Å²) < 4.78 is 5.48. The molecule has 2 atom stereocenters. The first-order chi connectivity index (χ1) is 37.5. The Bertz CT molecular complexity index is 1140. The van der Waals surface area contributed by atoms with Crippen LogP contribution in [0.4, 0.5) is 0 Å². The molecule has 1 amide bonds. The van der Waals surface area contributed by atoms with E-state index in [-0.39, 0.29) is 18.5 Å². The fourth-order valence-corrected chi connectivity index (χ4v) is 11.2. The van der Waals surface area contributed by atoms with Gasteiger partial charge < -0.3 is 20.3 Å². The lowest BCUT2D eigenvalue weighted by molar-refractivity contribution is -0.143. The highest BCUT2D eigenvalue weighted by Crippen LogP contribution is 2.19. The number of allylic oxidation sites excluding steroid dienone is 1. The van der Waals surface area contributed by atoms with Gasteiger partial charge in [0.25, 0.3) is 0 Å². The van der Waals surface area contributed by atoms with Gasteiger partial charge in [-0.3, -0.25) is 9.59 Å². The number of ether oxygens (including phenoxy) is 1. The van der Waals surface area contributed by atoms with Gasteiger partial charge in [-0.25, -0.2) is 0 Å². The first-order valence-electron chi connectivity index (χ1n) is 35.0. The lowest BCUT2D eigenvalue weighted by Gasteiger charge is -2.20. The monoisotopic (exact) mass is 1070 g/mol. The van der Waals surface area contributed by atoms with Crippen molar-refractivity contribution in [3.63, 3.8) is 0 Å². The van der Waals surface area contributed by atoms with E-state index in [1.54, 1.807) is 6.08 Å². The number of esters is 1. The summed E-state index contributed by atoms with van der Waals surface area (Å²) in [5.41, 5.74) is 0. The van der Waals surface area contributed by atoms with Gasteiger partial charge in [-0.15, -0.1) is 0 Å². The van der Waals surface area contributed by atoms with Crippen molar-refractivity contribution in [3.05, 3.63) is 12.2 Å². The predicted molar refractivity (Wildman–Crippen MR) is 333 cm³/mol. The summed E-state index contributed by atoms with van der Waals surface area (Å²) in [4.78, 5) is 24.5. The Labute approximate surface area is 476 Å². The van der Waals surface area contributed by atoms with Crippen LogP contribution < -0.4 is 5.32 Å². The minimum absolute atomic E-state index is 0.0193. The van der Waals surface area contributed by atoms with Gasteiger partial charge in [0.15, 0.2) is 0 Å². The smallest absolute Gasteiger partial charge is 0.305 e. The fraction of sp³-hybridized carbons (Fsp3) is 0.943. The van der Waals surface area contributed by atoms with Gasteiger partial charge in [0, 0.05) is 12.8 Å². The van der Waals surface area contributed by atoms with E-state index >= 15 is 0 Å². The highest BCUT2D eigenvalue weighted by Gasteiger charge is 2.18. The molecule has 0 radical (unpaired) electrons. The van der Waals surface area contributed by atoms with Crippen LogP contribution in [-0.2, 0) is 14.3 Å². The number of aliphatic hydroxyl groups is 2. The molecule has 76 heavy (non-hydrogen) atoms. The van der Waals surface area contributed by atoms with E-state index < -0.39 is 12.1 Å². The van der Waals surface area contributed by atoms with Crippen LogP contribution in [0.5, 0.6) is 0 Å². The second kappa shape index (κ2) is 66.1. The van der Waals surface area contributed by atoms with Gasteiger partial charge in [-0.05, 0) is 32.1 Å². The molecule has 0 heterocycles. The highest BCUT2D eigenvalue weighted by atomic mass is 16.5. The van der Waals surface area contributed by atoms with Gasteiger partial charge in [-0.1, -0.05) is 366 Å². The highest BCUT2D eigenvalue weighted by molar-refractivity contribution is 5.76. The van der Waals surface area contributed by atoms with Crippen molar-refractivity contribution in [2.24, 2.45) is 0 Å². The van der Waals surface area contributed by atoms with Crippen LogP contribution in [0.25, 0.3) is 0 Å². The Morgan fingerprint density at radius 1 is 0.355 bits per heavy atom. The van der Waals surface area contributed by atoms with Crippen LogP contribution in [0.15, 0.2) is 12.2 Å². The van der Waals surface area contributed by atoms with Gasteiger partial charge in [0.2, 0.25) is 5.91 Å². The summed E-state index contributed by atoms with van der Waals surface area (Å²) in [5.74, 6) is -0.0416. The molecule has 0 rings (SSSR count). The molecule has 0 fully saturated rings. The minimum atomic E-state index is -0.843. The van der Waals surface area contributed by atoms with E-state index in [9.17, 15) is 19.8 Å². The van der Waals surface area contributed by atoms with Crippen LogP contribution in [0.3, 0.4) is 0 Å². The Morgan fingerprint density at radius 2 is 0.605 bits per heavy atom. The second-order valence-electron chi connectivity index (χ2n) is 24.2.